The number of likely N-dealkylation sites (N-methyl/N-ethyl adjacent to an activating group) is 1. The Labute approximate surface area is 109 Å². The van der Waals surface area contributed by atoms with Gasteiger partial charge in [0.1, 0.15) is 5.54 Å². The first kappa shape index (κ1) is 13.1. The number of rotatable bonds is 5. The molecule has 98 valence electrons. The number of nitrogens with zero attached hydrogens (tertiary/aromatic N) is 3. The molecule has 1 fully saturated rings. The second kappa shape index (κ2) is 4.74. The molecule has 0 amide bonds. The smallest absolute Gasteiger partial charge is 0.129 e. The third-order valence-corrected chi connectivity index (χ3v) is 4.11. The zero-order valence-electron chi connectivity index (χ0n) is 11.7. The lowest BCUT2D eigenvalue weighted by atomic mass is 9.94. The van der Waals surface area contributed by atoms with Crippen molar-refractivity contribution < 1.29 is 0 Å². The van der Waals surface area contributed by atoms with Crippen molar-refractivity contribution in [3.63, 3.8) is 0 Å². The molecule has 1 aromatic rings. The third kappa shape index (κ3) is 2.15. The van der Waals surface area contributed by atoms with Gasteiger partial charge in [-0.2, -0.15) is 10.4 Å². The Balaban J connectivity index is 2.28. The first-order chi connectivity index (χ1) is 8.54. The maximum Gasteiger partial charge on any atom is 0.129 e. The number of nitrogens with one attached hydrogen (secondary N) is 1. The zero-order chi connectivity index (χ0) is 13.3. The van der Waals surface area contributed by atoms with E-state index in [1.54, 1.807) is 0 Å². The van der Waals surface area contributed by atoms with E-state index < -0.39 is 5.54 Å². The fourth-order valence-corrected chi connectivity index (χ4v) is 2.56. The SMILES string of the molecule is CCNC(C#N)(Cn1nc(C)c(C)c1C)C1CC1. The van der Waals surface area contributed by atoms with Crippen molar-refractivity contribution >= 4 is 0 Å². The van der Waals surface area contributed by atoms with Gasteiger partial charge in [-0.25, -0.2) is 0 Å². The second-order valence-corrected chi connectivity index (χ2v) is 5.34. The van der Waals surface area contributed by atoms with Gasteiger partial charge in [0, 0.05) is 5.69 Å². The summed E-state index contributed by atoms with van der Waals surface area (Å²) in [6.45, 7) is 9.73. The van der Waals surface area contributed by atoms with Crippen LogP contribution in [0.25, 0.3) is 0 Å². The van der Waals surface area contributed by atoms with Crippen LogP contribution in [-0.2, 0) is 6.54 Å². The van der Waals surface area contributed by atoms with Crippen LogP contribution in [-0.4, -0.2) is 21.9 Å². The van der Waals surface area contributed by atoms with Crippen LogP contribution >= 0.6 is 0 Å². The van der Waals surface area contributed by atoms with Crippen LogP contribution in [0, 0.1) is 38.0 Å². The lowest BCUT2D eigenvalue weighted by Gasteiger charge is -2.28. The standard InChI is InChI=1S/C14H22N4/c1-5-16-14(8-15,13-6-7-13)9-18-12(4)10(2)11(3)17-18/h13,16H,5-7,9H2,1-4H3. The first-order valence-corrected chi connectivity index (χ1v) is 6.71. The normalized spacial score (nSPS) is 18.4. The Morgan fingerprint density at radius 2 is 2.11 bits per heavy atom. The van der Waals surface area contributed by atoms with Crippen molar-refractivity contribution in [2.75, 3.05) is 6.54 Å². The summed E-state index contributed by atoms with van der Waals surface area (Å²) in [7, 11) is 0. The molecule has 1 unspecified atom stereocenters. The average Bonchev–Trinajstić information content (AvgIpc) is 3.16. The van der Waals surface area contributed by atoms with E-state index in [2.05, 4.69) is 37.3 Å². The Hall–Kier alpha value is -1.34. The van der Waals surface area contributed by atoms with Gasteiger partial charge in [0.15, 0.2) is 0 Å². The lowest BCUT2D eigenvalue weighted by molar-refractivity contribution is 0.308. The predicted molar refractivity (Wildman–Crippen MR) is 71.2 cm³/mol. The van der Waals surface area contributed by atoms with Crippen LogP contribution < -0.4 is 5.32 Å². The van der Waals surface area contributed by atoms with Crippen LogP contribution in [0.3, 0.4) is 0 Å². The molecule has 0 spiro atoms. The van der Waals surface area contributed by atoms with Gasteiger partial charge in [0.2, 0.25) is 0 Å². The fourth-order valence-electron chi connectivity index (χ4n) is 2.56. The minimum Gasteiger partial charge on any atom is -0.298 e. The highest BCUT2D eigenvalue weighted by Crippen LogP contribution is 2.40. The van der Waals surface area contributed by atoms with Gasteiger partial charge in [0.05, 0.1) is 18.3 Å². The molecule has 1 aliphatic rings. The predicted octanol–water partition coefficient (Wildman–Crippen LogP) is 2.09. The topological polar surface area (TPSA) is 53.6 Å². The zero-order valence-corrected chi connectivity index (χ0v) is 11.7. The molecule has 4 heteroatoms. The van der Waals surface area contributed by atoms with E-state index in [9.17, 15) is 5.26 Å². The number of hydrogen-bond donors (Lipinski definition) is 1. The van der Waals surface area contributed by atoms with E-state index in [1.807, 2.05) is 11.6 Å². The Morgan fingerprint density at radius 1 is 1.44 bits per heavy atom. The first-order valence-electron chi connectivity index (χ1n) is 6.71. The quantitative estimate of drug-likeness (QED) is 0.865. The molecule has 1 aromatic heterocycles. The minimum atomic E-state index is -0.440. The second-order valence-electron chi connectivity index (χ2n) is 5.34. The fraction of sp³-hybridized carbons (Fsp3) is 0.714. The Morgan fingerprint density at radius 3 is 2.50 bits per heavy atom. The van der Waals surface area contributed by atoms with Crippen LogP contribution in [0.2, 0.25) is 0 Å². The molecule has 18 heavy (non-hydrogen) atoms. The summed E-state index contributed by atoms with van der Waals surface area (Å²) in [5, 5.41) is 17.5. The molecule has 4 nitrogen and oxygen atoms in total. The van der Waals surface area contributed by atoms with Gasteiger partial charge < -0.3 is 0 Å². The summed E-state index contributed by atoms with van der Waals surface area (Å²) in [5.74, 6) is 0.478. The highest BCUT2D eigenvalue weighted by Gasteiger charge is 2.46. The van der Waals surface area contributed by atoms with Crippen molar-refractivity contribution in [1.29, 1.82) is 5.26 Å². The van der Waals surface area contributed by atoms with Gasteiger partial charge in [-0.05, 0) is 51.6 Å². The van der Waals surface area contributed by atoms with E-state index in [-0.39, 0.29) is 0 Å². The molecule has 2 rings (SSSR count). The molecule has 1 saturated carbocycles. The molecule has 0 aromatic carbocycles. The summed E-state index contributed by atoms with van der Waals surface area (Å²) in [5.41, 5.74) is 3.02. The molecule has 1 atom stereocenters. The van der Waals surface area contributed by atoms with Crippen molar-refractivity contribution in [3.05, 3.63) is 17.0 Å². The Kier molecular flexibility index (Phi) is 3.45. The number of aromatic nitrogens is 2. The van der Waals surface area contributed by atoms with Crippen LogP contribution in [0.4, 0.5) is 0 Å². The van der Waals surface area contributed by atoms with Crippen molar-refractivity contribution in [2.45, 2.75) is 52.6 Å². The van der Waals surface area contributed by atoms with E-state index in [4.69, 9.17) is 0 Å². The van der Waals surface area contributed by atoms with Gasteiger partial charge in [-0.1, -0.05) is 6.92 Å². The van der Waals surface area contributed by atoms with Crippen LogP contribution in [0.1, 0.15) is 36.7 Å². The van der Waals surface area contributed by atoms with Gasteiger partial charge in [-0.15, -0.1) is 0 Å². The summed E-state index contributed by atoms with van der Waals surface area (Å²) >= 11 is 0. The third-order valence-electron chi connectivity index (χ3n) is 4.11. The number of nitriles is 1. The largest absolute Gasteiger partial charge is 0.298 e. The maximum absolute atomic E-state index is 9.59. The summed E-state index contributed by atoms with van der Waals surface area (Å²) < 4.78 is 1.99. The molecule has 0 radical (unpaired) electrons. The Bertz CT molecular complexity index is 479. The van der Waals surface area contributed by atoms with Crippen molar-refractivity contribution in [1.82, 2.24) is 15.1 Å². The maximum atomic E-state index is 9.59. The van der Waals surface area contributed by atoms with Crippen molar-refractivity contribution in [3.8, 4) is 6.07 Å². The van der Waals surface area contributed by atoms with Crippen LogP contribution in [0.15, 0.2) is 0 Å². The highest BCUT2D eigenvalue weighted by atomic mass is 15.3. The monoisotopic (exact) mass is 246 g/mol. The molecule has 0 saturated heterocycles. The van der Waals surface area contributed by atoms with Gasteiger partial charge >= 0.3 is 0 Å². The van der Waals surface area contributed by atoms with E-state index >= 15 is 0 Å². The lowest BCUT2D eigenvalue weighted by Crippen LogP contribution is -2.49. The molecule has 0 bridgehead atoms. The van der Waals surface area contributed by atoms with Crippen molar-refractivity contribution in [2.24, 2.45) is 5.92 Å². The molecular formula is C14H22N4. The molecule has 1 aliphatic carbocycles. The molecule has 1 N–H and O–H groups in total. The minimum absolute atomic E-state index is 0.440. The number of aryl methyl sites for hydroxylation is 1. The summed E-state index contributed by atoms with van der Waals surface area (Å²) in [6, 6.07) is 2.51. The average molecular weight is 246 g/mol. The van der Waals surface area contributed by atoms with Gasteiger partial charge in [0.25, 0.3) is 0 Å². The highest BCUT2D eigenvalue weighted by molar-refractivity contribution is 5.24. The van der Waals surface area contributed by atoms with E-state index in [0.717, 1.165) is 25.1 Å². The van der Waals surface area contributed by atoms with E-state index in [1.165, 1.54) is 11.3 Å². The summed E-state index contributed by atoms with van der Waals surface area (Å²) in [6.07, 6.45) is 2.30. The molecule has 1 heterocycles. The van der Waals surface area contributed by atoms with Gasteiger partial charge in [-0.3, -0.25) is 10.00 Å². The van der Waals surface area contributed by atoms with E-state index in [0.29, 0.717) is 12.5 Å². The summed E-state index contributed by atoms with van der Waals surface area (Å²) in [4.78, 5) is 0. The van der Waals surface area contributed by atoms with Crippen LogP contribution in [0.5, 0.6) is 0 Å². The number of hydrogen-bond acceptors (Lipinski definition) is 3. The molecule has 0 aliphatic heterocycles. The molecular weight excluding hydrogens is 224 g/mol.